The summed E-state index contributed by atoms with van der Waals surface area (Å²) in [6, 6.07) is 11.5. The number of aromatic nitrogens is 3. The molecule has 22 heavy (non-hydrogen) atoms. The second-order valence-electron chi connectivity index (χ2n) is 4.69. The lowest BCUT2D eigenvalue weighted by molar-refractivity contribution is 0.103. The van der Waals surface area contributed by atoms with E-state index < -0.39 is 5.78 Å². The molecule has 0 fully saturated rings. The zero-order valence-corrected chi connectivity index (χ0v) is 11.6. The van der Waals surface area contributed by atoms with Crippen molar-refractivity contribution in [1.29, 1.82) is 0 Å². The van der Waals surface area contributed by atoms with E-state index in [-0.39, 0.29) is 11.6 Å². The van der Waals surface area contributed by atoms with Gasteiger partial charge in [-0.25, -0.2) is 4.98 Å². The molecule has 0 atom stereocenters. The standard InChI is InChI=1S/C16H13N3O3/c20-14(8-15(21)16-17-10-18-19-16)12-7-13(22-9-12)6-11-4-2-1-3-5-11/h1-5,7-10,20H,6H2,(H,17,18,19). The van der Waals surface area contributed by atoms with Crippen molar-refractivity contribution in [2.45, 2.75) is 6.42 Å². The molecule has 0 aliphatic rings. The van der Waals surface area contributed by atoms with Gasteiger partial charge in [-0.2, -0.15) is 5.10 Å². The number of furan rings is 1. The molecule has 0 saturated heterocycles. The van der Waals surface area contributed by atoms with Crippen molar-refractivity contribution in [2.75, 3.05) is 0 Å². The summed E-state index contributed by atoms with van der Waals surface area (Å²) in [4.78, 5) is 15.5. The van der Waals surface area contributed by atoms with Gasteiger partial charge in [0.2, 0.25) is 5.78 Å². The van der Waals surface area contributed by atoms with Crippen LogP contribution in [0.2, 0.25) is 0 Å². The van der Waals surface area contributed by atoms with Crippen LogP contribution in [0.25, 0.3) is 5.76 Å². The number of hydrogen-bond donors (Lipinski definition) is 2. The molecule has 2 aromatic heterocycles. The zero-order valence-electron chi connectivity index (χ0n) is 11.6. The molecule has 3 rings (SSSR count). The molecular formula is C16H13N3O3. The summed E-state index contributed by atoms with van der Waals surface area (Å²) in [7, 11) is 0. The fraction of sp³-hybridized carbons (Fsp3) is 0.0625. The first kappa shape index (κ1) is 13.8. The monoisotopic (exact) mass is 295 g/mol. The number of hydrogen-bond acceptors (Lipinski definition) is 5. The first-order chi connectivity index (χ1) is 10.7. The van der Waals surface area contributed by atoms with Gasteiger partial charge in [-0.15, -0.1) is 0 Å². The average Bonchev–Trinajstić information content (AvgIpc) is 3.19. The Balaban J connectivity index is 1.74. The summed E-state index contributed by atoms with van der Waals surface area (Å²) in [5.74, 6) is 0.137. The van der Waals surface area contributed by atoms with Crippen LogP contribution in [0.1, 0.15) is 27.5 Å². The lowest BCUT2D eigenvalue weighted by Crippen LogP contribution is -1.99. The zero-order chi connectivity index (χ0) is 15.4. The van der Waals surface area contributed by atoms with Crippen molar-refractivity contribution in [3.05, 3.63) is 77.8 Å². The summed E-state index contributed by atoms with van der Waals surface area (Å²) < 4.78 is 5.41. The molecule has 0 unspecified atom stereocenters. The predicted molar refractivity (Wildman–Crippen MR) is 79.3 cm³/mol. The number of aliphatic hydroxyl groups excluding tert-OH is 1. The maximum atomic E-state index is 11.8. The van der Waals surface area contributed by atoms with E-state index in [0.717, 1.165) is 11.6 Å². The van der Waals surface area contributed by atoms with Crippen LogP contribution in [-0.2, 0) is 6.42 Å². The highest BCUT2D eigenvalue weighted by Gasteiger charge is 2.11. The van der Waals surface area contributed by atoms with Gasteiger partial charge < -0.3 is 9.52 Å². The second-order valence-corrected chi connectivity index (χ2v) is 4.69. The Morgan fingerprint density at radius 3 is 2.86 bits per heavy atom. The molecule has 0 bridgehead atoms. The molecule has 110 valence electrons. The molecule has 6 nitrogen and oxygen atoms in total. The van der Waals surface area contributed by atoms with Gasteiger partial charge in [-0.1, -0.05) is 30.3 Å². The van der Waals surface area contributed by atoms with Crippen LogP contribution in [0.4, 0.5) is 0 Å². The number of aliphatic hydroxyl groups is 1. The number of nitrogens with one attached hydrogen (secondary N) is 1. The number of aromatic amines is 1. The Morgan fingerprint density at radius 2 is 2.14 bits per heavy atom. The van der Waals surface area contributed by atoms with Crippen LogP contribution in [0, 0.1) is 0 Å². The van der Waals surface area contributed by atoms with Crippen LogP contribution in [-0.4, -0.2) is 26.1 Å². The van der Waals surface area contributed by atoms with Crippen molar-refractivity contribution in [3.63, 3.8) is 0 Å². The molecule has 6 heteroatoms. The highest BCUT2D eigenvalue weighted by molar-refractivity contribution is 6.05. The van der Waals surface area contributed by atoms with Crippen LogP contribution in [0.5, 0.6) is 0 Å². The van der Waals surface area contributed by atoms with E-state index in [2.05, 4.69) is 15.2 Å². The van der Waals surface area contributed by atoms with Crippen molar-refractivity contribution in [1.82, 2.24) is 15.2 Å². The third-order valence-electron chi connectivity index (χ3n) is 3.09. The van der Waals surface area contributed by atoms with Crippen LogP contribution >= 0.6 is 0 Å². The Hall–Kier alpha value is -3.15. The molecule has 3 aromatic rings. The summed E-state index contributed by atoms with van der Waals surface area (Å²) in [6.07, 6.45) is 4.34. The molecular weight excluding hydrogens is 282 g/mol. The molecule has 2 N–H and O–H groups in total. The average molecular weight is 295 g/mol. The molecule has 0 amide bonds. The lowest BCUT2D eigenvalue weighted by Gasteiger charge is -1.96. The van der Waals surface area contributed by atoms with Crippen molar-refractivity contribution in [3.8, 4) is 0 Å². The Labute approximate surface area is 126 Å². The minimum atomic E-state index is -0.458. The highest BCUT2D eigenvalue weighted by Crippen LogP contribution is 2.18. The number of carbonyl (C=O) groups excluding carboxylic acids is 1. The fourth-order valence-electron chi connectivity index (χ4n) is 2.00. The minimum absolute atomic E-state index is 0.0690. The number of rotatable bonds is 5. The van der Waals surface area contributed by atoms with Gasteiger partial charge in [0.1, 0.15) is 24.1 Å². The topological polar surface area (TPSA) is 92.0 Å². The molecule has 0 saturated carbocycles. The molecule has 0 aliphatic carbocycles. The largest absolute Gasteiger partial charge is 0.507 e. The van der Waals surface area contributed by atoms with E-state index in [4.69, 9.17) is 4.42 Å². The highest BCUT2D eigenvalue weighted by atomic mass is 16.3. The number of allylic oxidation sites excluding steroid dienone is 1. The minimum Gasteiger partial charge on any atom is -0.507 e. The van der Waals surface area contributed by atoms with Gasteiger partial charge in [-0.05, 0) is 11.6 Å². The van der Waals surface area contributed by atoms with Crippen LogP contribution in [0.15, 0.2) is 59.5 Å². The van der Waals surface area contributed by atoms with Gasteiger partial charge in [0, 0.05) is 12.5 Å². The fourth-order valence-corrected chi connectivity index (χ4v) is 2.00. The third-order valence-corrected chi connectivity index (χ3v) is 3.09. The van der Waals surface area contributed by atoms with E-state index in [1.54, 1.807) is 6.07 Å². The van der Waals surface area contributed by atoms with Crippen molar-refractivity contribution >= 4 is 11.5 Å². The SMILES string of the molecule is O=C(C=C(O)c1coc(Cc2ccccc2)c1)c1ncn[nH]1. The van der Waals surface area contributed by atoms with Crippen LogP contribution in [0.3, 0.4) is 0 Å². The quantitative estimate of drug-likeness (QED) is 0.429. The van der Waals surface area contributed by atoms with E-state index in [0.29, 0.717) is 17.7 Å². The van der Waals surface area contributed by atoms with Crippen molar-refractivity contribution in [2.24, 2.45) is 0 Å². The smallest absolute Gasteiger partial charge is 0.226 e. The van der Waals surface area contributed by atoms with Crippen molar-refractivity contribution < 1.29 is 14.3 Å². The van der Waals surface area contributed by atoms with Gasteiger partial charge in [-0.3, -0.25) is 9.89 Å². The summed E-state index contributed by atoms with van der Waals surface area (Å²) in [6.45, 7) is 0. The molecule has 1 aromatic carbocycles. The lowest BCUT2D eigenvalue weighted by atomic mass is 10.1. The van der Waals surface area contributed by atoms with E-state index >= 15 is 0 Å². The molecule has 0 spiro atoms. The van der Waals surface area contributed by atoms with Gasteiger partial charge in [0.05, 0.1) is 5.56 Å². The van der Waals surface area contributed by atoms with E-state index in [1.807, 2.05) is 30.3 Å². The maximum Gasteiger partial charge on any atom is 0.226 e. The number of carbonyl (C=O) groups is 1. The number of benzene rings is 1. The van der Waals surface area contributed by atoms with E-state index in [9.17, 15) is 9.90 Å². The summed E-state index contributed by atoms with van der Waals surface area (Å²) in [5, 5.41) is 16.0. The Morgan fingerprint density at radius 1 is 1.32 bits per heavy atom. The summed E-state index contributed by atoms with van der Waals surface area (Å²) >= 11 is 0. The van der Waals surface area contributed by atoms with Gasteiger partial charge in [0.15, 0.2) is 5.82 Å². The number of H-pyrrole nitrogens is 1. The third kappa shape index (κ3) is 3.12. The Kier molecular flexibility index (Phi) is 3.82. The van der Waals surface area contributed by atoms with Gasteiger partial charge >= 0.3 is 0 Å². The maximum absolute atomic E-state index is 11.8. The number of nitrogens with zero attached hydrogens (tertiary/aromatic N) is 2. The number of ketones is 1. The molecule has 0 aliphatic heterocycles. The second kappa shape index (κ2) is 6.09. The van der Waals surface area contributed by atoms with Gasteiger partial charge in [0.25, 0.3) is 0 Å². The van der Waals surface area contributed by atoms with E-state index in [1.165, 1.54) is 12.6 Å². The summed E-state index contributed by atoms with van der Waals surface area (Å²) in [5.41, 5.74) is 1.54. The predicted octanol–water partition coefficient (Wildman–Crippen LogP) is 2.77. The first-order valence-electron chi connectivity index (χ1n) is 6.64. The Bertz CT molecular complexity index is 789. The first-order valence-corrected chi connectivity index (χ1v) is 6.64. The molecule has 2 heterocycles. The van der Waals surface area contributed by atoms with Crippen LogP contribution < -0.4 is 0 Å². The molecule has 0 radical (unpaired) electrons. The normalized spacial score (nSPS) is 11.5.